The predicted octanol–water partition coefficient (Wildman–Crippen LogP) is 5.75. The summed E-state index contributed by atoms with van der Waals surface area (Å²) in [7, 11) is 1.63. The molecular formula is C27H25ClN2O3. The number of rotatable bonds is 5. The van der Waals surface area contributed by atoms with E-state index >= 15 is 0 Å². The van der Waals surface area contributed by atoms with Gasteiger partial charge in [-0.3, -0.25) is 9.59 Å². The zero-order valence-electron chi connectivity index (χ0n) is 18.7. The zero-order chi connectivity index (χ0) is 23.6. The second kappa shape index (κ2) is 9.12. The van der Waals surface area contributed by atoms with Crippen LogP contribution in [-0.4, -0.2) is 24.3 Å². The highest BCUT2D eigenvalue weighted by Crippen LogP contribution is 2.32. The number of nitrogens with one attached hydrogen (secondary N) is 2. The minimum Gasteiger partial charge on any atom is -0.497 e. The Morgan fingerprint density at radius 2 is 1.79 bits per heavy atom. The van der Waals surface area contributed by atoms with E-state index in [0.717, 1.165) is 29.0 Å². The number of halogens is 1. The fraction of sp³-hybridized carbons (Fsp3) is 0.185. The van der Waals surface area contributed by atoms with Gasteiger partial charge in [0.2, 0.25) is 0 Å². The van der Waals surface area contributed by atoms with Gasteiger partial charge in [-0.2, -0.15) is 0 Å². The van der Waals surface area contributed by atoms with Gasteiger partial charge in [-0.05, 0) is 74.4 Å². The lowest BCUT2D eigenvalue weighted by Crippen LogP contribution is -2.43. The molecule has 1 amide bonds. The van der Waals surface area contributed by atoms with Crippen LogP contribution in [0.1, 0.15) is 45.7 Å². The third-order valence-corrected chi connectivity index (χ3v) is 5.75. The van der Waals surface area contributed by atoms with Crippen LogP contribution in [0.25, 0.3) is 5.70 Å². The molecule has 0 bridgehead atoms. The highest BCUT2D eigenvalue weighted by atomic mass is 35.5. The molecule has 1 aliphatic rings. The van der Waals surface area contributed by atoms with Crippen molar-refractivity contribution in [2.75, 3.05) is 12.4 Å². The number of benzene rings is 3. The second-order valence-electron chi connectivity index (χ2n) is 8.67. The highest BCUT2D eigenvalue weighted by molar-refractivity contribution is 6.30. The number of hydrogen-bond donors (Lipinski definition) is 2. The molecule has 5 nitrogen and oxygen atoms in total. The van der Waals surface area contributed by atoms with E-state index in [2.05, 4.69) is 24.5 Å². The number of carbonyl (C=O) groups is 2. The molecule has 0 spiro atoms. The topological polar surface area (TPSA) is 67.4 Å². The first-order valence-electron chi connectivity index (χ1n) is 10.6. The minimum absolute atomic E-state index is 0.161. The molecule has 0 saturated carbocycles. The normalized spacial score (nSPS) is 15.3. The quantitative estimate of drug-likeness (QED) is 0.376. The molecule has 3 aromatic rings. The van der Waals surface area contributed by atoms with Crippen LogP contribution in [0.5, 0.6) is 5.75 Å². The number of fused-ring (bicyclic) bond motifs is 1. The van der Waals surface area contributed by atoms with Crippen LogP contribution in [0.2, 0.25) is 5.02 Å². The molecule has 1 aliphatic heterocycles. The van der Waals surface area contributed by atoms with Crippen LogP contribution in [0.15, 0.2) is 72.8 Å². The Morgan fingerprint density at radius 1 is 1.03 bits per heavy atom. The van der Waals surface area contributed by atoms with E-state index in [1.54, 1.807) is 61.7 Å². The van der Waals surface area contributed by atoms with Crippen molar-refractivity contribution in [3.8, 4) is 5.75 Å². The van der Waals surface area contributed by atoms with Gasteiger partial charge in [0, 0.05) is 44.7 Å². The Balaban J connectivity index is 1.60. The monoisotopic (exact) mass is 460 g/mol. The largest absolute Gasteiger partial charge is 0.497 e. The SMILES string of the molecule is COc1ccc2c(c1)/C(=C/C(=O)c1cccc(NC(=O)c3ccc(Cl)cc3)c1)NC(C)(C)C2. The summed E-state index contributed by atoms with van der Waals surface area (Å²) in [6.07, 6.45) is 2.45. The van der Waals surface area contributed by atoms with Crippen molar-refractivity contribution in [3.63, 3.8) is 0 Å². The summed E-state index contributed by atoms with van der Waals surface area (Å²) in [6.45, 7) is 4.21. The molecule has 0 saturated heterocycles. The molecule has 6 heteroatoms. The summed E-state index contributed by atoms with van der Waals surface area (Å²) >= 11 is 5.89. The van der Waals surface area contributed by atoms with Crippen LogP contribution in [0, 0.1) is 0 Å². The van der Waals surface area contributed by atoms with Gasteiger partial charge in [-0.1, -0.05) is 29.8 Å². The van der Waals surface area contributed by atoms with Crippen LogP contribution in [0.4, 0.5) is 5.69 Å². The standard InChI is InChI=1S/C27H25ClN2O3/c1-27(2)16-19-9-12-22(33-3)14-23(19)24(30-27)15-25(31)18-5-4-6-21(13-18)29-26(32)17-7-10-20(28)11-8-17/h4-15,30H,16H2,1-3H3,(H,29,32)/b24-15-. The molecule has 3 aromatic carbocycles. The van der Waals surface area contributed by atoms with Gasteiger partial charge in [0.1, 0.15) is 5.75 Å². The molecule has 1 heterocycles. The number of allylic oxidation sites excluding steroid dienone is 1. The Hall–Kier alpha value is -3.57. The number of ketones is 1. The zero-order valence-corrected chi connectivity index (χ0v) is 19.5. The molecule has 0 atom stereocenters. The number of carbonyl (C=O) groups excluding carboxylic acids is 2. The van der Waals surface area contributed by atoms with Gasteiger partial charge >= 0.3 is 0 Å². The van der Waals surface area contributed by atoms with Gasteiger partial charge in [0.05, 0.1) is 7.11 Å². The van der Waals surface area contributed by atoms with E-state index in [9.17, 15) is 9.59 Å². The summed E-state index contributed by atoms with van der Waals surface area (Å²) in [6, 6.07) is 19.5. The van der Waals surface area contributed by atoms with Gasteiger partial charge < -0.3 is 15.4 Å². The Kier molecular flexibility index (Phi) is 6.25. The van der Waals surface area contributed by atoms with E-state index in [1.165, 1.54) is 0 Å². The summed E-state index contributed by atoms with van der Waals surface area (Å²) < 4.78 is 5.38. The van der Waals surface area contributed by atoms with E-state index in [0.29, 0.717) is 21.8 Å². The fourth-order valence-electron chi connectivity index (χ4n) is 3.92. The molecule has 0 fully saturated rings. The van der Waals surface area contributed by atoms with Gasteiger partial charge in [-0.15, -0.1) is 0 Å². The maximum Gasteiger partial charge on any atom is 0.255 e. The molecule has 4 rings (SSSR count). The predicted molar refractivity (Wildman–Crippen MR) is 132 cm³/mol. The first kappa shape index (κ1) is 22.6. The van der Waals surface area contributed by atoms with Gasteiger partial charge in [-0.25, -0.2) is 0 Å². The van der Waals surface area contributed by atoms with Crippen LogP contribution in [0.3, 0.4) is 0 Å². The molecule has 0 aliphatic carbocycles. The van der Waals surface area contributed by atoms with E-state index in [4.69, 9.17) is 16.3 Å². The van der Waals surface area contributed by atoms with Crippen LogP contribution in [-0.2, 0) is 6.42 Å². The lowest BCUT2D eigenvalue weighted by atomic mass is 9.85. The van der Waals surface area contributed by atoms with Crippen molar-refractivity contribution < 1.29 is 14.3 Å². The van der Waals surface area contributed by atoms with Crippen molar-refractivity contribution in [2.45, 2.75) is 25.8 Å². The van der Waals surface area contributed by atoms with Crippen molar-refractivity contribution in [1.82, 2.24) is 5.32 Å². The average Bonchev–Trinajstić information content (AvgIpc) is 2.78. The van der Waals surface area contributed by atoms with Crippen LogP contribution < -0.4 is 15.4 Å². The summed E-state index contributed by atoms with van der Waals surface area (Å²) in [5.41, 5.74) is 4.17. The molecule has 168 valence electrons. The molecule has 0 radical (unpaired) electrons. The van der Waals surface area contributed by atoms with E-state index < -0.39 is 0 Å². The fourth-order valence-corrected chi connectivity index (χ4v) is 4.05. The third-order valence-electron chi connectivity index (χ3n) is 5.50. The van der Waals surface area contributed by atoms with Gasteiger partial charge in [0.15, 0.2) is 5.78 Å². The molecular weight excluding hydrogens is 436 g/mol. The number of hydrogen-bond acceptors (Lipinski definition) is 4. The van der Waals surface area contributed by atoms with Gasteiger partial charge in [0.25, 0.3) is 5.91 Å². The smallest absolute Gasteiger partial charge is 0.255 e. The minimum atomic E-state index is -0.272. The summed E-state index contributed by atoms with van der Waals surface area (Å²) in [5, 5.41) is 6.87. The molecule has 33 heavy (non-hydrogen) atoms. The Bertz CT molecular complexity index is 1250. The number of amides is 1. The van der Waals surface area contributed by atoms with Crippen molar-refractivity contribution >= 4 is 34.7 Å². The van der Waals surface area contributed by atoms with Crippen molar-refractivity contribution in [3.05, 3.63) is 100 Å². The summed E-state index contributed by atoms with van der Waals surface area (Å²) in [4.78, 5) is 25.7. The lowest BCUT2D eigenvalue weighted by Gasteiger charge is -2.35. The first-order valence-corrected chi connectivity index (χ1v) is 11.0. The van der Waals surface area contributed by atoms with E-state index in [-0.39, 0.29) is 17.2 Å². The Labute approximate surface area is 198 Å². The first-order chi connectivity index (χ1) is 15.7. The van der Waals surface area contributed by atoms with Crippen molar-refractivity contribution in [1.29, 1.82) is 0 Å². The third kappa shape index (κ3) is 5.26. The molecule has 0 aromatic heterocycles. The maximum absolute atomic E-state index is 13.2. The molecule has 0 unspecified atom stereocenters. The second-order valence-corrected chi connectivity index (χ2v) is 9.11. The summed E-state index contributed by atoms with van der Waals surface area (Å²) in [5.74, 6) is 0.304. The highest BCUT2D eigenvalue weighted by Gasteiger charge is 2.28. The maximum atomic E-state index is 13.2. The lowest BCUT2D eigenvalue weighted by molar-refractivity contribution is 0.102. The van der Waals surface area contributed by atoms with Crippen LogP contribution >= 0.6 is 11.6 Å². The van der Waals surface area contributed by atoms with Crippen molar-refractivity contribution in [2.24, 2.45) is 0 Å². The average molecular weight is 461 g/mol. The molecule has 2 N–H and O–H groups in total. The van der Waals surface area contributed by atoms with E-state index in [1.807, 2.05) is 18.2 Å². The number of anilines is 1. The Morgan fingerprint density at radius 3 is 2.52 bits per heavy atom. The number of ether oxygens (including phenoxy) is 1. The number of methoxy groups -OCH3 is 1.